The van der Waals surface area contributed by atoms with Gasteiger partial charge in [0.1, 0.15) is 11.5 Å². The smallest absolute Gasteiger partial charge is 0.193 e. The quantitative estimate of drug-likeness (QED) is 0.399. The summed E-state index contributed by atoms with van der Waals surface area (Å²) in [6, 6.07) is 12.1. The molecule has 0 saturated carbocycles. The molecule has 6 nitrogen and oxygen atoms in total. The van der Waals surface area contributed by atoms with Crippen molar-refractivity contribution in [1.82, 2.24) is 4.90 Å². The minimum absolute atomic E-state index is 0. The second-order valence-corrected chi connectivity index (χ2v) is 6.33. The molecule has 142 valence electrons. The molecule has 0 bridgehead atoms. The van der Waals surface area contributed by atoms with Gasteiger partial charge in [-0.3, -0.25) is 9.89 Å². The van der Waals surface area contributed by atoms with Crippen LogP contribution in [0.5, 0.6) is 0 Å². The zero-order chi connectivity index (χ0) is 17.6. The number of aryl methyl sites for hydroxylation is 2. The molecule has 0 aliphatic carbocycles. The molecule has 0 radical (unpaired) electrons. The van der Waals surface area contributed by atoms with Crippen molar-refractivity contribution in [3.8, 4) is 0 Å². The van der Waals surface area contributed by atoms with Gasteiger partial charge in [-0.2, -0.15) is 0 Å². The lowest BCUT2D eigenvalue weighted by Gasteiger charge is -2.32. The molecule has 0 spiro atoms. The summed E-state index contributed by atoms with van der Waals surface area (Å²) in [5.41, 5.74) is 8.21. The molecule has 1 aromatic heterocycles. The van der Waals surface area contributed by atoms with E-state index in [-0.39, 0.29) is 30.0 Å². The molecule has 1 aromatic carbocycles. The van der Waals surface area contributed by atoms with Gasteiger partial charge in [0.05, 0.1) is 25.8 Å². The van der Waals surface area contributed by atoms with E-state index in [9.17, 15) is 0 Å². The van der Waals surface area contributed by atoms with E-state index in [4.69, 9.17) is 14.9 Å². The number of benzene rings is 1. The van der Waals surface area contributed by atoms with Gasteiger partial charge in [0, 0.05) is 18.8 Å². The van der Waals surface area contributed by atoms with E-state index in [1.807, 2.05) is 43.3 Å². The van der Waals surface area contributed by atoms with Crippen LogP contribution in [0.2, 0.25) is 0 Å². The Hall–Kier alpha value is -1.58. The summed E-state index contributed by atoms with van der Waals surface area (Å²) in [6.45, 7) is 7.75. The second kappa shape index (κ2) is 9.94. The summed E-state index contributed by atoms with van der Waals surface area (Å²) >= 11 is 0. The van der Waals surface area contributed by atoms with Crippen LogP contribution < -0.4 is 11.1 Å². The molecule has 3 rings (SSSR count). The third-order valence-electron chi connectivity index (χ3n) is 4.33. The number of nitrogens with one attached hydrogen (secondary N) is 1. The fourth-order valence-electron chi connectivity index (χ4n) is 2.92. The molecule has 1 fully saturated rings. The number of aliphatic imine (C=N–C) groups is 1. The lowest BCUT2D eigenvalue weighted by Crippen LogP contribution is -2.40. The minimum Gasteiger partial charge on any atom is -0.465 e. The van der Waals surface area contributed by atoms with Crippen LogP contribution in [-0.2, 0) is 4.74 Å². The lowest BCUT2D eigenvalue weighted by molar-refractivity contribution is 0.0135. The molecular formula is C19H27IN4O2. The van der Waals surface area contributed by atoms with Crippen LogP contribution in [0.4, 0.5) is 5.69 Å². The number of halogens is 1. The Balaban J connectivity index is 0.00000243. The first-order chi connectivity index (χ1) is 12.1. The van der Waals surface area contributed by atoms with Crippen LogP contribution in [0.1, 0.15) is 23.1 Å². The third-order valence-corrected chi connectivity index (χ3v) is 4.33. The maximum atomic E-state index is 6.07. The van der Waals surface area contributed by atoms with Crippen molar-refractivity contribution in [3.05, 3.63) is 53.5 Å². The van der Waals surface area contributed by atoms with Crippen LogP contribution in [0.25, 0.3) is 0 Å². The van der Waals surface area contributed by atoms with Gasteiger partial charge in [0.15, 0.2) is 5.96 Å². The van der Waals surface area contributed by atoms with Crippen LogP contribution >= 0.6 is 24.0 Å². The van der Waals surface area contributed by atoms with E-state index in [0.29, 0.717) is 12.5 Å². The Labute approximate surface area is 171 Å². The average molecular weight is 470 g/mol. The molecule has 1 atom stereocenters. The number of nitrogens with two attached hydrogens (primary N) is 1. The van der Waals surface area contributed by atoms with E-state index in [1.165, 1.54) is 5.56 Å². The van der Waals surface area contributed by atoms with Gasteiger partial charge in [0.2, 0.25) is 0 Å². The number of anilines is 1. The molecule has 1 unspecified atom stereocenters. The second-order valence-electron chi connectivity index (χ2n) is 6.33. The summed E-state index contributed by atoms with van der Waals surface area (Å²) in [7, 11) is 0. The van der Waals surface area contributed by atoms with Crippen molar-refractivity contribution in [3.63, 3.8) is 0 Å². The number of furan rings is 1. The standard InChI is InChI=1S/C19H26N4O2.HI/c1-14-3-6-16(7-4-14)22-19(20)21-13-17(18-8-5-15(2)25-18)23-9-11-24-12-10-23;/h3-8,17H,9-13H2,1-2H3,(H3,20,21,22);1H. The van der Waals surface area contributed by atoms with Crippen molar-refractivity contribution in [2.24, 2.45) is 10.7 Å². The summed E-state index contributed by atoms with van der Waals surface area (Å²) < 4.78 is 11.3. The van der Waals surface area contributed by atoms with Gasteiger partial charge in [0.25, 0.3) is 0 Å². The molecule has 2 heterocycles. The molecule has 1 saturated heterocycles. The van der Waals surface area contributed by atoms with Gasteiger partial charge >= 0.3 is 0 Å². The van der Waals surface area contributed by atoms with E-state index < -0.39 is 0 Å². The summed E-state index contributed by atoms with van der Waals surface area (Å²) in [6.07, 6.45) is 0. The fraction of sp³-hybridized carbons (Fsp3) is 0.421. The van der Waals surface area contributed by atoms with Crippen molar-refractivity contribution < 1.29 is 9.15 Å². The molecule has 7 heteroatoms. The molecule has 1 aliphatic rings. The highest BCUT2D eigenvalue weighted by Crippen LogP contribution is 2.24. The molecule has 0 amide bonds. The van der Waals surface area contributed by atoms with Crippen molar-refractivity contribution in [2.45, 2.75) is 19.9 Å². The van der Waals surface area contributed by atoms with Gasteiger partial charge < -0.3 is 20.2 Å². The number of nitrogens with zero attached hydrogens (tertiary/aromatic N) is 2. The summed E-state index contributed by atoms with van der Waals surface area (Å²) in [5, 5.41) is 3.14. The first kappa shape index (κ1) is 20.7. The van der Waals surface area contributed by atoms with E-state index in [1.54, 1.807) is 0 Å². The first-order valence-electron chi connectivity index (χ1n) is 8.63. The van der Waals surface area contributed by atoms with Crippen LogP contribution in [0.3, 0.4) is 0 Å². The molecular weight excluding hydrogens is 443 g/mol. The fourth-order valence-corrected chi connectivity index (χ4v) is 2.92. The van der Waals surface area contributed by atoms with Crippen LogP contribution in [0, 0.1) is 13.8 Å². The zero-order valence-electron chi connectivity index (χ0n) is 15.3. The number of rotatable bonds is 5. The lowest BCUT2D eigenvalue weighted by atomic mass is 10.1. The zero-order valence-corrected chi connectivity index (χ0v) is 17.6. The predicted molar refractivity (Wildman–Crippen MR) is 115 cm³/mol. The van der Waals surface area contributed by atoms with Gasteiger partial charge in [-0.15, -0.1) is 24.0 Å². The molecule has 26 heavy (non-hydrogen) atoms. The summed E-state index contributed by atoms with van der Waals surface area (Å²) in [5.74, 6) is 2.24. The van der Waals surface area contributed by atoms with E-state index >= 15 is 0 Å². The minimum atomic E-state index is 0. The maximum absolute atomic E-state index is 6.07. The highest BCUT2D eigenvalue weighted by Gasteiger charge is 2.25. The Morgan fingerprint density at radius 2 is 1.85 bits per heavy atom. The topological polar surface area (TPSA) is 76.0 Å². The molecule has 1 aliphatic heterocycles. The Morgan fingerprint density at radius 1 is 1.15 bits per heavy atom. The highest BCUT2D eigenvalue weighted by molar-refractivity contribution is 14.0. The number of ether oxygens (including phenoxy) is 1. The highest BCUT2D eigenvalue weighted by atomic mass is 127. The van der Waals surface area contributed by atoms with Crippen LogP contribution in [0.15, 0.2) is 45.8 Å². The normalized spacial score (nSPS) is 16.8. The van der Waals surface area contributed by atoms with E-state index in [2.05, 4.69) is 22.1 Å². The van der Waals surface area contributed by atoms with Crippen molar-refractivity contribution in [1.29, 1.82) is 0 Å². The molecule has 3 N–H and O–H groups in total. The first-order valence-corrected chi connectivity index (χ1v) is 8.63. The van der Waals surface area contributed by atoms with Gasteiger partial charge in [-0.05, 0) is 38.1 Å². The third kappa shape index (κ3) is 5.72. The van der Waals surface area contributed by atoms with E-state index in [0.717, 1.165) is 43.5 Å². The van der Waals surface area contributed by atoms with Crippen molar-refractivity contribution in [2.75, 3.05) is 38.2 Å². The maximum Gasteiger partial charge on any atom is 0.193 e. The Bertz CT molecular complexity index is 709. The monoisotopic (exact) mass is 470 g/mol. The molecule has 2 aromatic rings. The largest absolute Gasteiger partial charge is 0.465 e. The SMILES string of the molecule is Cc1ccc(NC(N)=NCC(c2ccc(C)o2)N2CCOCC2)cc1.I. The predicted octanol–water partition coefficient (Wildman–Crippen LogP) is 3.31. The Kier molecular flexibility index (Phi) is 7.92. The number of hydrogen-bond donors (Lipinski definition) is 2. The van der Waals surface area contributed by atoms with Crippen molar-refractivity contribution >= 4 is 35.6 Å². The van der Waals surface area contributed by atoms with Crippen LogP contribution in [-0.4, -0.2) is 43.7 Å². The van der Waals surface area contributed by atoms with Gasteiger partial charge in [-0.1, -0.05) is 17.7 Å². The average Bonchev–Trinajstić information content (AvgIpc) is 3.04. The number of hydrogen-bond acceptors (Lipinski definition) is 4. The Morgan fingerprint density at radius 3 is 2.46 bits per heavy atom. The number of morpholine rings is 1. The summed E-state index contributed by atoms with van der Waals surface area (Å²) in [4.78, 5) is 6.88. The van der Waals surface area contributed by atoms with Gasteiger partial charge in [-0.25, -0.2) is 0 Å². The number of guanidine groups is 1.